The van der Waals surface area contributed by atoms with Crippen molar-refractivity contribution in [3.63, 3.8) is 0 Å². The van der Waals surface area contributed by atoms with Crippen LogP contribution in [0.1, 0.15) is 25.8 Å². The standard InChI is InChI=1S/C13H17FN2O4/c1-4-13(3,12(17)18)7-15-10-5-8(2)9(14)6-11(10)16(19)20/h5-6,15H,4,7H2,1-3H3,(H,17,18). The summed E-state index contributed by atoms with van der Waals surface area (Å²) in [6, 6.07) is 2.15. The number of hydrogen-bond acceptors (Lipinski definition) is 4. The summed E-state index contributed by atoms with van der Waals surface area (Å²) in [5.74, 6) is -1.66. The SMILES string of the molecule is CCC(C)(CNc1cc(C)c(F)cc1[N+](=O)[O-])C(=O)O. The number of nitrogens with zero attached hydrogens (tertiary/aromatic N) is 1. The number of nitrogens with one attached hydrogen (secondary N) is 1. The number of hydrogen-bond donors (Lipinski definition) is 2. The van der Waals surface area contributed by atoms with Gasteiger partial charge in [-0.1, -0.05) is 6.92 Å². The maximum atomic E-state index is 13.4. The van der Waals surface area contributed by atoms with E-state index in [1.54, 1.807) is 13.8 Å². The Bertz CT molecular complexity index is 547. The van der Waals surface area contributed by atoms with Gasteiger partial charge in [0.1, 0.15) is 11.5 Å². The molecule has 1 aromatic rings. The first-order chi connectivity index (χ1) is 9.21. The molecule has 0 spiro atoms. The zero-order chi connectivity index (χ0) is 15.5. The van der Waals surface area contributed by atoms with E-state index >= 15 is 0 Å². The molecule has 0 radical (unpaired) electrons. The Labute approximate surface area is 115 Å². The Morgan fingerprint density at radius 1 is 1.55 bits per heavy atom. The van der Waals surface area contributed by atoms with E-state index in [-0.39, 0.29) is 17.8 Å². The highest BCUT2D eigenvalue weighted by molar-refractivity contribution is 5.75. The van der Waals surface area contributed by atoms with E-state index in [1.807, 2.05) is 0 Å². The van der Waals surface area contributed by atoms with E-state index < -0.39 is 27.8 Å². The average Bonchev–Trinajstić information content (AvgIpc) is 2.38. The van der Waals surface area contributed by atoms with Crippen LogP contribution in [0.2, 0.25) is 0 Å². The van der Waals surface area contributed by atoms with Crippen LogP contribution in [0.5, 0.6) is 0 Å². The van der Waals surface area contributed by atoms with Gasteiger partial charge in [0, 0.05) is 6.54 Å². The summed E-state index contributed by atoms with van der Waals surface area (Å²) in [5, 5.41) is 22.8. The zero-order valence-electron chi connectivity index (χ0n) is 11.6. The molecular weight excluding hydrogens is 267 g/mol. The Balaban J connectivity index is 3.06. The lowest BCUT2D eigenvalue weighted by atomic mass is 9.87. The molecule has 1 unspecified atom stereocenters. The van der Waals surface area contributed by atoms with Gasteiger partial charge in [0.25, 0.3) is 5.69 Å². The van der Waals surface area contributed by atoms with Gasteiger partial charge in [-0.3, -0.25) is 14.9 Å². The minimum absolute atomic E-state index is 0.0186. The van der Waals surface area contributed by atoms with E-state index in [2.05, 4.69) is 5.32 Å². The lowest BCUT2D eigenvalue weighted by Crippen LogP contribution is -2.34. The summed E-state index contributed by atoms with van der Waals surface area (Å²) in [5.41, 5.74) is -1.07. The molecule has 0 bridgehead atoms. The van der Waals surface area contributed by atoms with E-state index in [4.69, 9.17) is 5.11 Å². The van der Waals surface area contributed by atoms with Crippen LogP contribution in [-0.4, -0.2) is 22.5 Å². The smallest absolute Gasteiger partial charge is 0.311 e. The highest BCUT2D eigenvalue weighted by atomic mass is 19.1. The van der Waals surface area contributed by atoms with Gasteiger partial charge in [0.2, 0.25) is 0 Å². The summed E-state index contributed by atoms with van der Waals surface area (Å²) in [4.78, 5) is 21.4. The first-order valence-electron chi connectivity index (χ1n) is 6.13. The second-order valence-electron chi connectivity index (χ2n) is 4.95. The third-order valence-electron chi connectivity index (χ3n) is 3.44. The predicted molar refractivity (Wildman–Crippen MR) is 72.3 cm³/mol. The molecule has 1 aromatic carbocycles. The molecule has 1 rings (SSSR count). The van der Waals surface area contributed by atoms with Crippen molar-refractivity contribution in [2.45, 2.75) is 27.2 Å². The molecule has 0 amide bonds. The summed E-state index contributed by atoms with van der Waals surface area (Å²) in [6.45, 7) is 4.77. The topological polar surface area (TPSA) is 92.5 Å². The number of aliphatic carboxylic acids is 1. The van der Waals surface area contributed by atoms with Crippen molar-refractivity contribution in [3.8, 4) is 0 Å². The van der Waals surface area contributed by atoms with Crippen molar-refractivity contribution >= 4 is 17.3 Å². The maximum Gasteiger partial charge on any atom is 0.311 e. The van der Waals surface area contributed by atoms with Crippen LogP contribution in [0.3, 0.4) is 0 Å². The number of rotatable bonds is 6. The zero-order valence-corrected chi connectivity index (χ0v) is 11.6. The summed E-state index contributed by atoms with van der Waals surface area (Å²) < 4.78 is 13.4. The van der Waals surface area contributed by atoms with Crippen LogP contribution >= 0.6 is 0 Å². The fourth-order valence-corrected chi connectivity index (χ4v) is 1.61. The van der Waals surface area contributed by atoms with Gasteiger partial charge in [-0.25, -0.2) is 4.39 Å². The molecule has 0 saturated carbocycles. The Kier molecular flexibility index (Phi) is 4.65. The van der Waals surface area contributed by atoms with Gasteiger partial charge >= 0.3 is 5.97 Å². The third kappa shape index (κ3) is 3.23. The number of anilines is 1. The second-order valence-corrected chi connectivity index (χ2v) is 4.95. The number of nitro benzene ring substituents is 1. The number of carboxylic acid groups (broad SMARTS) is 1. The van der Waals surface area contributed by atoms with Gasteiger partial charge in [-0.05, 0) is 31.9 Å². The van der Waals surface area contributed by atoms with Gasteiger partial charge < -0.3 is 10.4 Å². The monoisotopic (exact) mass is 284 g/mol. The van der Waals surface area contributed by atoms with Gasteiger partial charge in [0.05, 0.1) is 16.4 Å². The molecule has 7 heteroatoms. The Morgan fingerprint density at radius 3 is 2.60 bits per heavy atom. The van der Waals surface area contributed by atoms with Crippen molar-refractivity contribution in [2.75, 3.05) is 11.9 Å². The summed E-state index contributed by atoms with van der Waals surface area (Å²) in [6.07, 6.45) is 0.364. The van der Waals surface area contributed by atoms with Gasteiger partial charge in [0.15, 0.2) is 0 Å². The normalized spacial score (nSPS) is 13.6. The molecule has 0 aliphatic heterocycles. The molecule has 110 valence electrons. The number of carbonyl (C=O) groups is 1. The largest absolute Gasteiger partial charge is 0.481 e. The molecule has 0 heterocycles. The molecule has 0 aliphatic carbocycles. The van der Waals surface area contributed by atoms with E-state index in [1.165, 1.54) is 13.0 Å². The second kappa shape index (κ2) is 5.85. The molecular formula is C13H17FN2O4. The number of aryl methyl sites for hydroxylation is 1. The first kappa shape index (κ1) is 15.9. The van der Waals surface area contributed by atoms with Crippen molar-refractivity contribution in [1.82, 2.24) is 0 Å². The van der Waals surface area contributed by atoms with Crippen molar-refractivity contribution in [1.29, 1.82) is 0 Å². The van der Waals surface area contributed by atoms with Gasteiger partial charge in [-0.2, -0.15) is 0 Å². The number of halogens is 1. The molecule has 1 atom stereocenters. The quantitative estimate of drug-likeness (QED) is 0.619. The van der Waals surface area contributed by atoms with Crippen molar-refractivity contribution in [2.24, 2.45) is 5.41 Å². The Hall–Kier alpha value is -2.18. The fraction of sp³-hybridized carbons (Fsp3) is 0.462. The van der Waals surface area contributed by atoms with Crippen LogP contribution in [0.25, 0.3) is 0 Å². The lowest BCUT2D eigenvalue weighted by molar-refractivity contribution is -0.384. The van der Waals surface area contributed by atoms with E-state index in [0.29, 0.717) is 6.42 Å². The summed E-state index contributed by atoms with van der Waals surface area (Å²) >= 11 is 0. The van der Waals surface area contributed by atoms with Crippen molar-refractivity contribution < 1.29 is 19.2 Å². The Morgan fingerprint density at radius 2 is 2.15 bits per heavy atom. The van der Waals surface area contributed by atoms with Gasteiger partial charge in [-0.15, -0.1) is 0 Å². The molecule has 0 fully saturated rings. The molecule has 2 N–H and O–H groups in total. The molecule has 6 nitrogen and oxygen atoms in total. The number of nitro groups is 1. The van der Waals surface area contributed by atoms with E-state index in [9.17, 15) is 19.3 Å². The summed E-state index contributed by atoms with van der Waals surface area (Å²) in [7, 11) is 0. The highest BCUT2D eigenvalue weighted by Gasteiger charge is 2.31. The molecule has 20 heavy (non-hydrogen) atoms. The molecule has 0 aliphatic rings. The van der Waals surface area contributed by atoms with E-state index in [0.717, 1.165) is 6.07 Å². The average molecular weight is 284 g/mol. The highest BCUT2D eigenvalue weighted by Crippen LogP contribution is 2.29. The van der Waals surface area contributed by atoms with Crippen LogP contribution in [0, 0.1) is 28.3 Å². The third-order valence-corrected chi connectivity index (χ3v) is 3.44. The van der Waals surface area contributed by atoms with Crippen molar-refractivity contribution in [3.05, 3.63) is 33.6 Å². The van der Waals surface area contributed by atoms with Crippen LogP contribution in [-0.2, 0) is 4.79 Å². The molecule has 0 saturated heterocycles. The molecule has 0 aromatic heterocycles. The maximum absolute atomic E-state index is 13.4. The van der Waals surface area contributed by atoms with Crippen LogP contribution in [0.15, 0.2) is 12.1 Å². The number of benzene rings is 1. The fourth-order valence-electron chi connectivity index (χ4n) is 1.61. The van der Waals surface area contributed by atoms with Crippen LogP contribution < -0.4 is 5.32 Å². The first-order valence-corrected chi connectivity index (χ1v) is 6.13. The predicted octanol–water partition coefficient (Wildman–Crippen LogP) is 2.96. The lowest BCUT2D eigenvalue weighted by Gasteiger charge is -2.23. The minimum atomic E-state index is -1.05. The minimum Gasteiger partial charge on any atom is -0.481 e. The van der Waals surface area contributed by atoms with Crippen LogP contribution in [0.4, 0.5) is 15.8 Å². The number of carboxylic acids is 1.